The van der Waals surface area contributed by atoms with Gasteiger partial charge in [-0.1, -0.05) is 0 Å². The third kappa shape index (κ3) is 3.71. The van der Waals surface area contributed by atoms with Gasteiger partial charge in [0.2, 0.25) is 0 Å². The van der Waals surface area contributed by atoms with E-state index in [2.05, 4.69) is 45.1 Å². The molecule has 1 fully saturated rings. The predicted molar refractivity (Wildman–Crippen MR) is 84.8 cm³/mol. The maximum absolute atomic E-state index is 12.1. The number of benzene rings is 1. The molecule has 1 aromatic rings. The van der Waals surface area contributed by atoms with E-state index in [0.717, 1.165) is 24.1 Å². The van der Waals surface area contributed by atoms with Crippen molar-refractivity contribution in [3.8, 4) is 0 Å². The molecule has 1 aliphatic rings. The summed E-state index contributed by atoms with van der Waals surface area (Å²) in [6.45, 7) is 3.74. The van der Waals surface area contributed by atoms with Crippen molar-refractivity contribution in [1.82, 2.24) is 15.1 Å². The number of hydrogen-bond donors (Lipinski definition) is 2. The molecule has 20 heavy (non-hydrogen) atoms. The van der Waals surface area contributed by atoms with Crippen LogP contribution in [-0.4, -0.2) is 62.0 Å². The summed E-state index contributed by atoms with van der Waals surface area (Å²) in [6.07, 6.45) is 0. The number of nitrogen functional groups attached to an aromatic ring is 1. The minimum Gasteiger partial charge on any atom is -0.398 e. The summed E-state index contributed by atoms with van der Waals surface area (Å²) in [7, 11) is 4.21. The highest BCUT2D eigenvalue weighted by Crippen LogP contribution is 2.20. The summed E-state index contributed by atoms with van der Waals surface area (Å²) in [5.41, 5.74) is 6.98. The molecule has 1 atom stereocenters. The number of nitrogens with two attached hydrogens (primary N) is 1. The number of nitrogens with one attached hydrogen (secondary N) is 1. The predicted octanol–water partition coefficient (Wildman–Crippen LogP) is 1.01. The van der Waals surface area contributed by atoms with E-state index in [1.165, 1.54) is 0 Å². The summed E-state index contributed by atoms with van der Waals surface area (Å²) < 4.78 is 0.750. The van der Waals surface area contributed by atoms with Crippen LogP contribution in [0, 0.1) is 0 Å². The molecular weight excluding hydrogens is 320 g/mol. The van der Waals surface area contributed by atoms with E-state index in [1.54, 1.807) is 18.2 Å². The lowest BCUT2D eigenvalue weighted by molar-refractivity contribution is 0.0881. The van der Waals surface area contributed by atoms with Crippen LogP contribution in [0.2, 0.25) is 0 Å². The number of carbonyl (C=O) groups excluding carboxylic acids is 1. The Morgan fingerprint density at radius 1 is 1.45 bits per heavy atom. The minimum absolute atomic E-state index is 0.0627. The number of piperazine rings is 1. The summed E-state index contributed by atoms with van der Waals surface area (Å²) in [5.74, 6) is -0.0627. The average Bonchev–Trinajstić information content (AvgIpc) is 2.42. The van der Waals surface area contributed by atoms with E-state index < -0.39 is 0 Å². The minimum atomic E-state index is -0.0627. The van der Waals surface area contributed by atoms with Crippen LogP contribution in [0.4, 0.5) is 5.69 Å². The third-order valence-electron chi connectivity index (χ3n) is 3.74. The molecule has 110 valence electrons. The van der Waals surface area contributed by atoms with Gasteiger partial charge in [-0.15, -0.1) is 0 Å². The first-order valence-electron chi connectivity index (χ1n) is 6.69. The Bertz CT molecular complexity index is 494. The second kappa shape index (κ2) is 6.56. The monoisotopic (exact) mass is 340 g/mol. The zero-order valence-corrected chi connectivity index (χ0v) is 13.5. The number of likely N-dealkylation sites (N-methyl/N-ethyl adjacent to an activating group) is 2. The van der Waals surface area contributed by atoms with E-state index in [9.17, 15) is 4.79 Å². The van der Waals surface area contributed by atoms with Crippen LogP contribution in [0.25, 0.3) is 0 Å². The van der Waals surface area contributed by atoms with E-state index >= 15 is 0 Å². The number of carbonyl (C=O) groups is 1. The van der Waals surface area contributed by atoms with Crippen LogP contribution < -0.4 is 11.1 Å². The number of amides is 1. The van der Waals surface area contributed by atoms with Gasteiger partial charge in [0, 0.05) is 47.9 Å². The number of anilines is 1. The van der Waals surface area contributed by atoms with Crippen molar-refractivity contribution in [2.75, 3.05) is 46.0 Å². The lowest BCUT2D eigenvalue weighted by atomic mass is 10.1. The molecular formula is C14H21BrN4O. The largest absolute Gasteiger partial charge is 0.398 e. The SMILES string of the molecule is CN1CCN(C)C(CNC(=O)c2ccc(N)c(Br)c2)C1. The molecule has 0 aliphatic carbocycles. The zero-order valence-electron chi connectivity index (χ0n) is 11.9. The van der Waals surface area contributed by atoms with Crippen molar-refractivity contribution in [3.63, 3.8) is 0 Å². The first-order chi connectivity index (χ1) is 9.47. The van der Waals surface area contributed by atoms with Gasteiger partial charge in [-0.3, -0.25) is 9.69 Å². The average molecular weight is 341 g/mol. The maximum Gasteiger partial charge on any atom is 0.251 e. The van der Waals surface area contributed by atoms with Crippen LogP contribution in [0.15, 0.2) is 22.7 Å². The van der Waals surface area contributed by atoms with Crippen LogP contribution in [-0.2, 0) is 0 Å². The van der Waals surface area contributed by atoms with Crippen LogP contribution >= 0.6 is 15.9 Å². The molecule has 1 amide bonds. The summed E-state index contributed by atoms with van der Waals surface area (Å²) >= 11 is 3.34. The molecule has 3 N–H and O–H groups in total. The smallest absolute Gasteiger partial charge is 0.251 e. The Labute approximate surface area is 128 Å². The Morgan fingerprint density at radius 3 is 2.90 bits per heavy atom. The highest BCUT2D eigenvalue weighted by molar-refractivity contribution is 9.10. The molecule has 2 rings (SSSR count). The Morgan fingerprint density at radius 2 is 2.20 bits per heavy atom. The van der Waals surface area contributed by atoms with Crippen molar-refractivity contribution in [2.24, 2.45) is 0 Å². The highest BCUT2D eigenvalue weighted by atomic mass is 79.9. The second-order valence-corrected chi connectivity index (χ2v) is 6.20. The summed E-state index contributed by atoms with van der Waals surface area (Å²) in [6, 6.07) is 5.59. The van der Waals surface area contributed by atoms with Gasteiger partial charge in [0.25, 0.3) is 5.91 Å². The molecule has 1 saturated heterocycles. The fourth-order valence-electron chi connectivity index (χ4n) is 2.30. The first kappa shape index (κ1) is 15.3. The standard InChI is InChI=1S/C14H21BrN4O/c1-18-5-6-19(2)11(9-18)8-17-14(20)10-3-4-13(16)12(15)7-10/h3-4,7,11H,5-6,8-9,16H2,1-2H3,(H,17,20). The first-order valence-corrected chi connectivity index (χ1v) is 7.48. The van der Waals surface area contributed by atoms with Gasteiger partial charge >= 0.3 is 0 Å². The molecule has 0 aromatic heterocycles. The molecule has 0 saturated carbocycles. The molecule has 0 bridgehead atoms. The fourth-order valence-corrected chi connectivity index (χ4v) is 2.68. The van der Waals surface area contributed by atoms with Crippen molar-refractivity contribution < 1.29 is 4.79 Å². The van der Waals surface area contributed by atoms with E-state index in [4.69, 9.17) is 5.73 Å². The van der Waals surface area contributed by atoms with Crippen LogP contribution in [0.1, 0.15) is 10.4 Å². The number of halogens is 1. The number of rotatable bonds is 3. The Kier molecular flexibility index (Phi) is 5.01. The third-order valence-corrected chi connectivity index (χ3v) is 4.43. The Balaban J connectivity index is 1.92. The van der Waals surface area contributed by atoms with Gasteiger partial charge in [-0.2, -0.15) is 0 Å². The molecule has 1 aromatic carbocycles. The number of hydrogen-bond acceptors (Lipinski definition) is 4. The fraction of sp³-hybridized carbons (Fsp3) is 0.500. The highest BCUT2D eigenvalue weighted by Gasteiger charge is 2.22. The van der Waals surface area contributed by atoms with Crippen molar-refractivity contribution in [3.05, 3.63) is 28.2 Å². The van der Waals surface area contributed by atoms with Gasteiger partial charge < -0.3 is 16.0 Å². The normalized spacial score (nSPS) is 20.9. The molecule has 0 spiro atoms. The lowest BCUT2D eigenvalue weighted by Gasteiger charge is -2.37. The number of nitrogens with zero attached hydrogens (tertiary/aromatic N) is 2. The van der Waals surface area contributed by atoms with Crippen molar-refractivity contribution in [2.45, 2.75) is 6.04 Å². The molecule has 1 aliphatic heterocycles. The van der Waals surface area contributed by atoms with Crippen molar-refractivity contribution in [1.29, 1.82) is 0 Å². The maximum atomic E-state index is 12.1. The van der Waals surface area contributed by atoms with Crippen LogP contribution in [0.5, 0.6) is 0 Å². The molecule has 1 unspecified atom stereocenters. The second-order valence-electron chi connectivity index (χ2n) is 5.34. The molecule has 6 heteroatoms. The van der Waals surface area contributed by atoms with Gasteiger partial charge in [-0.05, 0) is 48.2 Å². The van der Waals surface area contributed by atoms with E-state index in [0.29, 0.717) is 23.8 Å². The molecule has 0 radical (unpaired) electrons. The summed E-state index contributed by atoms with van der Waals surface area (Å²) in [5, 5.41) is 3.00. The van der Waals surface area contributed by atoms with Gasteiger partial charge in [0.05, 0.1) is 0 Å². The Hall–Kier alpha value is -1.11. The van der Waals surface area contributed by atoms with Gasteiger partial charge in [-0.25, -0.2) is 0 Å². The van der Waals surface area contributed by atoms with Gasteiger partial charge in [0.1, 0.15) is 0 Å². The topological polar surface area (TPSA) is 61.6 Å². The van der Waals surface area contributed by atoms with E-state index in [-0.39, 0.29) is 5.91 Å². The molecule has 5 nitrogen and oxygen atoms in total. The zero-order chi connectivity index (χ0) is 14.7. The molecule has 1 heterocycles. The van der Waals surface area contributed by atoms with Crippen molar-refractivity contribution >= 4 is 27.5 Å². The van der Waals surface area contributed by atoms with E-state index in [1.807, 2.05) is 0 Å². The quantitative estimate of drug-likeness (QED) is 0.806. The summed E-state index contributed by atoms with van der Waals surface area (Å²) in [4.78, 5) is 16.7. The van der Waals surface area contributed by atoms with Crippen LogP contribution in [0.3, 0.4) is 0 Å². The van der Waals surface area contributed by atoms with Gasteiger partial charge in [0.15, 0.2) is 0 Å². The lowest BCUT2D eigenvalue weighted by Crippen LogP contribution is -2.54.